The molecule has 5 N–H and O–H groups in total. The average molecular weight is 627 g/mol. The normalized spacial score (nSPS) is 12.4. The molecule has 0 atom stereocenters. The molecule has 1 aliphatic heterocycles. The van der Waals surface area contributed by atoms with Crippen LogP contribution < -0.4 is 21.3 Å². The van der Waals surface area contributed by atoms with Crippen LogP contribution in [0.25, 0.3) is 0 Å². The van der Waals surface area contributed by atoms with Crippen LogP contribution in [0, 0.1) is 0 Å². The van der Waals surface area contributed by atoms with Gasteiger partial charge in [-0.3, -0.25) is 0 Å². The number of hydrogen-bond acceptors (Lipinski definition) is 6. The highest BCUT2D eigenvalue weighted by molar-refractivity contribution is 6.32. The molecule has 0 saturated carbocycles. The van der Waals surface area contributed by atoms with Crippen molar-refractivity contribution in [1.29, 1.82) is 0 Å². The maximum atomic E-state index is 13.1. The third-order valence-electron chi connectivity index (χ3n) is 6.45. The number of aromatic nitrogens is 2. The van der Waals surface area contributed by atoms with Crippen molar-refractivity contribution >= 4 is 58.1 Å². The van der Waals surface area contributed by atoms with Crippen LogP contribution in [-0.2, 0) is 23.1 Å². The molecule has 9 nitrogen and oxygen atoms in total. The molecular formula is C31H30ClF3N6O3. The summed E-state index contributed by atoms with van der Waals surface area (Å²) in [5.41, 5.74) is 6.38. The maximum absolute atomic E-state index is 13.1. The number of aliphatic carboxylic acids is 1. The number of amides is 2. The first-order valence-corrected chi connectivity index (χ1v) is 13.8. The van der Waals surface area contributed by atoms with E-state index in [0.717, 1.165) is 52.3 Å². The summed E-state index contributed by atoms with van der Waals surface area (Å²) >= 11 is 6.37. The number of carbonyl (C=O) groups excluding carboxylic acids is 1. The fourth-order valence-electron chi connectivity index (χ4n) is 4.39. The second kappa shape index (κ2) is 13.2. The maximum Gasteiger partial charge on any atom is 0.490 e. The van der Waals surface area contributed by atoms with Gasteiger partial charge in [0, 0.05) is 22.7 Å². The van der Waals surface area contributed by atoms with E-state index in [0.29, 0.717) is 16.8 Å². The quantitative estimate of drug-likeness (QED) is 0.151. The molecule has 0 unspecified atom stereocenters. The van der Waals surface area contributed by atoms with E-state index in [-0.39, 0.29) is 11.4 Å². The monoisotopic (exact) mass is 626 g/mol. The number of carboxylic acid groups (broad SMARTS) is 1. The van der Waals surface area contributed by atoms with Crippen LogP contribution in [0.4, 0.5) is 52.5 Å². The lowest BCUT2D eigenvalue weighted by Crippen LogP contribution is -2.23. The topological polar surface area (TPSA) is 128 Å². The van der Waals surface area contributed by atoms with Crippen molar-refractivity contribution in [1.82, 2.24) is 9.97 Å². The van der Waals surface area contributed by atoms with Gasteiger partial charge in [-0.15, -0.1) is 0 Å². The lowest BCUT2D eigenvalue weighted by molar-refractivity contribution is -0.192. The Morgan fingerprint density at radius 1 is 0.886 bits per heavy atom. The first kappa shape index (κ1) is 32.1. The number of halogens is 4. The second-order valence-corrected chi connectivity index (χ2v) is 11.3. The lowest BCUT2D eigenvalue weighted by Gasteiger charge is -2.23. The van der Waals surface area contributed by atoms with Gasteiger partial charge in [0.15, 0.2) is 5.82 Å². The average Bonchev–Trinajstić information content (AvgIpc) is 2.94. The Labute approximate surface area is 256 Å². The number of anilines is 6. The molecule has 5 rings (SSSR count). The van der Waals surface area contributed by atoms with Crippen molar-refractivity contribution in [3.63, 3.8) is 0 Å². The Balaban J connectivity index is 0.000000566. The van der Waals surface area contributed by atoms with Gasteiger partial charge >= 0.3 is 18.2 Å². The SMILES string of the molecule is CC(C)(C)c1ccccc1NC(=O)Nc1ccc2cc1CCc1cccc(c1)Nc1ncc(Cl)c(n1)N2.O=C(O)C(F)(F)F. The minimum Gasteiger partial charge on any atom is -0.475 e. The number of carboxylic acids is 1. The van der Waals surface area contributed by atoms with Crippen LogP contribution in [0.5, 0.6) is 0 Å². The minimum absolute atomic E-state index is 0.0996. The Kier molecular flexibility index (Phi) is 9.63. The van der Waals surface area contributed by atoms with Crippen molar-refractivity contribution in [2.24, 2.45) is 0 Å². The first-order valence-electron chi connectivity index (χ1n) is 13.4. The number of urea groups is 1. The molecule has 4 aromatic rings. The van der Waals surface area contributed by atoms with E-state index in [2.05, 4.69) is 64.1 Å². The predicted octanol–water partition coefficient (Wildman–Crippen LogP) is 8.29. The first-order chi connectivity index (χ1) is 20.7. The Bertz CT molecular complexity index is 1670. The highest BCUT2D eigenvalue weighted by atomic mass is 35.5. The Hall–Kier alpha value is -4.84. The molecule has 6 bridgehead atoms. The molecule has 1 aliphatic rings. The van der Waals surface area contributed by atoms with Gasteiger partial charge in [0.1, 0.15) is 5.02 Å². The number of nitrogens with one attached hydrogen (secondary N) is 4. The minimum atomic E-state index is -5.08. The van der Waals surface area contributed by atoms with Crippen molar-refractivity contribution in [3.05, 3.63) is 94.6 Å². The fourth-order valence-corrected chi connectivity index (χ4v) is 4.52. The van der Waals surface area contributed by atoms with E-state index in [1.807, 2.05) is 54.6 Å². The number of fused-ring (bicyclic) bond motifs is 6. The van der Waals surface area contributed by atoms with E-state index in [1.54, 1.807) is 6.20 Å². The summed E-state index contributed by atoms with van der Waals surface area (Å²) in [6.07, 6.45) is -2.00. The summed E-state index contributed by atoms with van der Waals surface area (Å²) in [5.74, 6) is -1.81. The van der Waals surface area contributed by atoms with Gasteiger partial charge in [-0.1, -0.05) is 62.7 Å². The largest absolute Gasteiger partial charge is 0.490 e. The second-order valence-electron chi connectivity index (χ2n) is 10.9. The Morgan fingerprint density at radius 3 is 2.27 bits per heavy atom. The van der Waals surface area contributed by atoms with Gasteiger partial charge in [-0.2, -0.15) is 18.2 Å². The molecule has 2 amide bonds. The van der Waals surface area contributed by atoms with Gasteiger partial charge in [0.25, 0.3) is 0 Å². The van der Waals surface area contributed by atoms with Crippen LogP contribution in [0.3, 0.4) is 0 Å². The number of carbonyl (C=O) groups is 2. The smallest absolute Gasteiger partial charge is 0.475 e. The summed E-state index contributed by atoms with van der Waals surface area (Å²) < 4.78 is 31.7. The highest BCUT2D eigenvalue weighted by Crippen LogP contribution is 2.31. The zero-order chi connectivity index (χ0) is 32.1. The van der Waals surface area contributed by atoms with Crippen LogP contribution in [0.1, 0.15) is 37.5 Å². The molecule has 1 aromatic heterocycles. The van der Waals surface area contributed by atoms with Gasteiger partial charge in [-0.25, -0.2) is 14.6 Å². The molecule has 0 radical (unpaired) electrons. The molecule has 0 fully saturated rings. The van der Waals surface area contributed by atoms with Crippen LogP contribution >= 0.6 is 11.6 Å². The fraction of sp³-hybridized carbons (Fsp3) is 0.226. The molecule has 2 heterocycles. The summed E-state index contributed by atoms with van der Waals surface area (Å²) in [6.45, 7) is 6.39. The van der Waals surface area contributed by atoms with Gasteiger partial charge in [0.2, 0.25) is 5.95 Å². The van der Waals surface area contributed by atoms with Gasteiger partial charge < -0.3 is 26.4 Å². The van der Waals surface area contributed by atoms with Crippen molar-refractivity contribution < 1.29 is 27.9 Å². The molecular weight excluding hydrogens is 597 g/mol. The van der Waals surface area contributed by atoms with E-state index in [9.17, 15) is 18.0 Å². The zero-order valence-electron chi connectivity index (χ0n) is 24.0. The van der Waals surface area contributed by atoms with Gasteiger partial charge in [0.05, 0.1) is 6.20 Å². The van der Waals surface area contributed by atoms with Crippen LogP contribution in [0.15, 0.2) is 72.9 Å². The summed E-state index contributed by atoms with van der Waals surface area (Å²) in [6, 6.07) is 21.6. The molecule has 0 aliphatic carbocycles. The molecule has 0 saturated heterocycles. The number of aryl methyl sites for hydroxylation is 2. The van der Waals surface area contributed by atoms with E-state index >= 15 is 0 Å². The summed E-state index contributed by atoms with van der Waals surface area (Å²) in [4.78, 5) is 30.8. The lowest BCUT2D eigenvalue weighted by atomic mass is 9.86. The highest BCUT2D eigenvalue weighted by Gasteiger charge is 2.38. The van der Waals surface area contributed by atoms with E-state index in [1.165, 1.54) is 0 Å². The van der Waals surface area contributed by atoms with Crippen LogP contribution in [-0.4, -0.2) is 33.3 Å². The number of alkyl halides is 3. The number of para-hydroxylation sites is 1. The third-order valence-corrected chi connectivity index (χ3v) is 6.73. The number of rotatable bonds is 2. The number of benzene rings is 3. The van der Waals surface area contributed by atoms with Crippen molar-refractivity contribution in [2.75, 3.05) is 21.3 Å². The summed E-state index contributed by atoms with van der Waals surface area (Å²) in [7, 11) is 0. The Morgan fingerprint density at radius 2 is 1.57 bits per heavy atom. The molecule has 0 spiro atoms. The van der Waals surface area contributed by atoms with Crippen molar-refractivity contribution in [3.8, 4) is 0 Å². The standard InChI is InChI=1S/C29H29ClN6O.C2HF3O2/c1-29(2,3)22-9-4-5-10-25(22)35-28(37)34-24-14-13-21-16-19(24)12-11-18-7-6-8-20(15-18)33-27-31-17-23(30)26(32-21)36-27;3-2(4,5)1(6)7/h4-10,13-17H,11-12H2,1-3H3,(H2,34,35,37)(H2,31,32,33,36);(H,6,7). The molecule has 13 heteroatoms. The van der Waals surface area contributed by atoms with Crippen LogP contribution in [0.2, 0.25) is 5.02 Å². The van der Waals surface area contributed by atoms with E-state index < -0.39 is 12.1 Å². The number of hydrogen-bond donors (Lipinski definition) is 5. The molecule has 44 heavy (non-hydrogen) atoms. The zero-order valence-corrected chi connectivity index (χ0v) is 24.8. The van der Waals surface area contributed by atoms with E-state index in [4.69, 9.17) is 21.5 Å². The third kappa shape index (κ3) is 8.60. The predicted molar refractivity (Wildman–Crippen MR) is 165 cm³/mol. The number of nitrogens with zero attached hydrogens (tertiary/aromatic N) is 2. The molecule has 3 aromatic carbocycles. The van der Waals surface area contributed by atoms with Gasteiger partial charge in [-0.05, 0) is 71.3 Å². The summed E-state index contributed by atoms with van der Waals surface area (Å²) in [5, 5.41) is 20.2. The molecule has 230 valence electrons. The van der Waals surface area contributed by atoms with Crippen molar-refractivity contribution in [2.45, 2.75) is 45.2 Å².